The van der Waals surface area contributed by atoms with Crippen LogP contribution in [0.5, 0.6) is 5.75 Å². The van der Waals surface area contributed by atoms with Crippen LogP contribution in [0, 0.1) is 0 Å². The molecule has 1 atom stereocenters. The van der Waals surface area contributed by atoms with E-state index in [9.17, 15) is 14.7 Å². The fourth-order valence-corrected chi connectivity index (χ4v) is 1.82. The summed E-state index contributed by atoms with van der Waals surface area (Å²) in [5.41, 5.74) is 0.00199. The molecule has 1 aromatic rings. The minimum absolute atomic E-state index is 0.152. The molecule has 1 heterocycles. The number of phenols is 1. The van der Waals surface area contributed by atoms with Gasteiger partial charge in [0.05, 0.1) is 11.3 Å². The van der Waals surface area contributed by atoms with Gasteiger partial charge < -0.3 is 20.3 Å². The zero-order chi connectivity index (χ0) is 13.1. The number of anilines is 1. The number of carbonyl (C=O) groups is 2. The summed E-state index contributed by atoms with van der Waals surface area (Å²) < 4.78 is 5.20. The lowest BCUT2D eigenvalue weighted by Gasteiger charge is -2.12. The Kier molecular flexibility index (Phi) is 3.47. The zero-order valence-electron chi connectivity index (χ0n) is 9.55. The van der Waals surface area contributed by atoms with E-state index in [2.05, 4.69) is 5.32 Å². The molecule has 1 aliphatic heterocycles. The summed E-state index contributed by atoms with van der Waals surface area (Å²) in [5, 5.41) is 20.7. The Labute approximate surface area is 103 Å². The Morgan fingerprint density at radius 1 is 1.39 bits per heavy atom. The van der Waals surface area contributed by atoms with E-state index in [1.165, 1.54) is 12.1 Å². The van der Waals surface area contributed by atoms with E-state index in [0.29, 0.717) is 13.0 Å². The van der Waals surface area contributed by atoms with Crippen molar-refractivity contribution in [2.75, 3.05) is 11.9 Å². The zero-order valence-corrected chi connectivity index (χ0v) is 9.55. The van der Waals surface area contributed by atoms with Crippen LogP contribution in [0.3, 0.4) is 0 Å². The first-order valence-electron chi connectivity index (χ1n) is 5.56. The van der Waals surface area contributed by atoms with Crippen LogP contribution in [0.25, 0.3) is 0 Å². The number of benzene rings is 1. The van der Waals surface area contributed by atoms with Gasteiger partial charge in [-0.3, -0.25) is 4.79 Å². The standard InChI is InChI=1S/C12H13NO5/c14-7-3-4-9(8(6-7)12(16)17)13-11(15)10-2-1-5-18-10/h3-4,6,10,14H,1-2,5H2,(H,13,15)(H,16,17)/t10-/m1/s1. The van der Waals surface area contributed by atoms with Crippen LogP contribution in [-0.4, -0.2) is 34.8 Å². The van der Waals surface area contributed by atoms with E-state index in [1.54, 1.807) is 0 Å². The first-order valence-corrected chi connectivity index (χ1v) is 5.56. The second-order valence-electron chi connectivity index (χ2n) is 4.03. The molecule has 1 aliphatic rings. The summed E-state index contributed by atoms with van der Waals surface area (Å²) in [6.45, 7) is 0.541. The number of carboxylic acid groups (broad SMARTS) is 1. The highest BCUT2D eigenvalue weighted by molar-refractivity contribution is 6.02. The molecule has 1 saturated heterocycles. The van der Waals surface area contributed by atoms with Gasteiger partial charge in [-0.15, -0.1) is 0 Å². The van der Waals surface area contributed by atoms with Gasteiger partial charge in [0.15, 0.2) is 0 Å². The molecule has 0 unspecified atom stereocenters. The molecule has 0 bridgehead atoms. The number of hydrogen-bond donors (Lipinski definition) is 3. The van der Waals surface area contributed by atoms with Crippen LogP contribution in [0.2, 0.25) is 0 Å². The molecule has 0 aromatic heterocycles. The lowest BCUT2D eigenvalue weighted by atomic mass is 10.1. The maximum Gasteiger partial charge on any atom is 0.337 e. The fraction of sp³-hybridized carbons (Fsp3) is 0.333. The van der Waals surface area contributed by atoms with E-state index in [1.807, 2.05) is 0 Å². The van der Waals surface area contributed by atoms with Gasteiger partial charge in [0.2, 0.25) is 0 Å². The molecule has 0 spiro atoms. The largest absolute Gasteiger partial charge is 0.508 e. The van der Waals surface area contributed by atoms with Crippen molar-refractivity contribution >= 4 is 17.6 Å². The maximum absolute atomic E-state index is 11.8. The van der Waals surface area contributed by atoms with Gasteiger partial charge in [-0.25, -0.2) is 4.79 Å². The molecule has 1 aromatic carbocycles. The maximum atomic E-state index is 11.8. The highest BCUT2D eigenvalue weighted by Gasteiger charge is 2.24. The monoisotopic (exact) mass is 251 g/mol. The van der Waals surface area contributed by atoms with Crippen LogP contribution in [0.4, 0.5) is 5.69 Å². The molecule has 18 heavy (non-hydrogen) atoms. The van der Waals surface area contributed by atoms with Crippen LogP contribution in [-0.2, 0) is 9.53 Å². The van der Waals surface area contributed by atoms with E-state index in [0.717, 1.165) is 12.5 Å². The second-order valence-corrected chi connectivity index (χ2v) is 4.03. The summed E-state index contributed by atoms with van der Waals surface area (Å²) in [5.74, 6) is -1.74. The number of hydrogen-bond acceptors (Lipinski definition) is 4. The highest BCUT2D eigenvalue weighted by atomic mass is 16.5. The van der Waals surface area contributed by atoms with Gasteiger partial charge in [-0.05, 0) is 31.0 Å². The fourth-order valence-electron chi connectivity index (χ4n) is 1.82. The van der Waals surface area contributed by atoms with Crippen molar-refractivity contribution in [1.82, 2.24) is 0 Å². The van der Waals surface area contributed by atoms with Crippen molar-refractivity contribution in [1.29, 1.82) is 0 Å². The number of carbonyl (C=O) groups excluding carboxylic acids is 1. The van der Waals surface area contributed by atoms with Crippen molar-refractivity contribution in [3.05, 3.63) is 23.8 Å². The number of nitrogens with one attached hydrogen (secondary N) is 1. The van der Waals surface area contributed by atoms with E-state index in [-0.39, 0.29) is 22.9 Å². The van der Waals surface area contributed by atoms with Crippen molar-refractivity contribution in [3.63, 3.8) is 0 Å². The quantitative estimate of drug-likeness (QED) is 0.702. The summed E-state index contributed by atoms with van der Waals surface area (Å²) in [6, 6.07) is 3.76. The summed E-state index contributed by atoms with van der Waals surface area (Å²) in [4.78, 5) is 22.8. The van der Waals surface area contributed by atoms with Crippen LogP contribution < -0.4 is 5.32 Å². The average Bonchev–Trinajstić information content (AvgIpc) is 2.84. The van der Waals surface area contributed by atoms with Gasteiger partial charge in [0.1, 0.15) is 11.9 Å². The minimum atomic E-state index is -1.21. The second kappa shape index (κ2) is 5.05. The van der Waals surface area contributed by atoms with Gasteiger partial charge >= 0.3 is 5.97 Å². The average molecular weight is 251 g/mol. The Balaban J connectivity index is 2.17. The third kappa shape index (κ3) is 2.60. The minimum Gasteiger partial charge on any atom is -0.508 e. The molecule has 0 radical (unpaired) electrons. The van der Waals surface area contributed by atoms with E-state index < -0.39 is 12.1 Å². The van der Waals surface area contributed by atoms with Gasteiger partial charge in [-0.1, -0.05) is 0 Å². The van der Waals surface area contributed by atoms with Crippen LogP contribution in [0.1, 0.15) is 23.2 Å². The molecule has 6 heteroatoms. The number of aromatic carboxylic acids is 1. The number of amides is 1. The molecular formula is C12H13NO5. The smallest absolute Gasteiger partial charge is 0.337 e. The SMILES string of the molecule is O=C(O)c1cc(O)ccc1NC(=O)[C@H]1CCCO1. The Morgan fingerprint density at radius 3 is 2.78 bits per heavy atom. The molecular weight excluding hydrogens is 238 g/mol. The molecule has 96 valence electrons. The van der Waals surface area contributed by atoms with Crippen LogP contribution >= 0.6 is 0 Å². The van der Waals surface area contributed by atoms with Crippen molar-refractivity contribution in [3.8, 4) is 5.75 Å². The first kappa shape index (κ1) is 12.4. The summed E-state index contributed by atoms with van der Waals surface area (Å²) in [7, 11) is 0. The molecule has 0 aliphatic carbocycles. The molecule has 1 amide bonds. The molecule has 6 nitrogen and oxygen atoms in total. The van der Waals surface area contributed by atoms with E-state index >= 15 is 0 Å². The topological polar surface area (TPSA) is 95.9 Å². The van der Waals surface area contributed by atoms with Crippen molar-refractivity contribution < 1.29 is 24.5 Å². The predicted molar refractivity (Wildman–Crippen MR) is 62.7 cm³/mol. The van der Waals surface area contributed by atoms with Crippen molar-refractivity contribution in [2.45, 2.75) is 18.9 Å². The molecule has 3 N–H and O–H groups in total. The number of aromatic hydroxyl groups is 1. The number of carboxylic acids is 1. The number of ether oxygens (including phenoxy) is 1. The lowest BCUT2D eigenvalue weighted by molar-refractivity contribution is -0.124. The Hall–Kier alpha value is -2.08. The van der Waals surface area contributed by atoms with Gasteiger partial charge in [0.25, 0.3) is 5.91 Å². The molecule has 1 fully saturated rings. The van der Waals surface area contributed by atoms with Gasteiger partial charge in [-0.2, -0.15) is 0 Å². The summed E-state index contributed by atoms with van der Waals surface area (Å²) >= 11 is 0. The Morgan fingerprint density at radius 2 is 2.17 bits per heavy atom. The van der Waals surface area contributed by atoms with E-state index in [4.69, 9.17) is 9.84 Å². The number of phenolic OH excluding ortho intramolecular Hbond substituents is 1. The Bertz CT molecular complexity index is 479. The predicted octanol–water partition coefficient (Wildman–Crippen LogP) is 1.21. The third-order valence-corrected chi connectivity index (χ3v) is 2.71. The highest BCUT2D eigenvalue weighted by Crippen LogP contribution is 2.22. The normalized spacial score (nSPS) is 18.6. The van der Waals surface area contributed by atoms with Crippen LogP contribution in [0.15, 0.2) is 18.2 Å². The summed E-state index contributed by atoms with van der Waals surface area (Å²) in [6.07, 6.45) is 0.923. The lowest BCUT2D eigenvalue weighted by Crippen LogP contribution is -2.27. The first-order chi connectivity index (χ1) is 8.58. The van der Waals surface area contributed by atoms with Gasteiger partial charge in [0, 0.05) is 6.61 Å². The third-order valence-electron chi connectivity index (χ3n) is 2.71. The molecule has 2 rings (SSSR count). The molecule has 0 saturated carbocycles. The number of rotatable bonds is 3. The van der Waals surface area contributed by atoms with Crippen molar-refractivity contribution in [2.24, 2.45) is 0 Å².